The Balaban J connectivity index is 1.56. The van der Waals surface area contributed by atoms with Crippen LogP contribution in [-0.4, -0.2) is 48.6 Å². The molecule has 0 amide bonds. The van der Waals surface area contributed by atoms with Gasteiger partial charge in [-0.25, -0.2) is 9.07 Å². The Hall–Kier alpha value is -3.85. The van der Waals surface area contributed by atoms with E-state index in [1.807, 2.05) is 39.1 Å². The number of ether oxygens (including phenoxy) is 1. The van der Waals surface area contributed by atoms with Gasteiger partial charge >= 0.3 is 5.97 Å². The van der Waals surface area contributed by atoms with Gasteiger partial charge in [0.2, 0.25) is 0 Å². The molecule has 0 spiro atoms. The number of benzene rings is 2. The molecular weight excluding hydrogens is 509 g/mol. The fraction of sp³-hybridized carbons (Fsp3) is 0.419. The Bertz CT molecular complexity index is 1580. The Morgan fingerprint density at radius 2 is 2.00 bits per heavy atom. The smallest absolute Gasteiger partial charge is 0.310 e. The summed E-state index contributed by atoms with van der Waals surface area (Å²) in [7, 11) is 1.85. The van der Waals surface area contributed by atoms with Crippen molar-refractivity contribution in [3.8, 4) is 5.75 Å². The first-order chi connectivity index (χ1) is 19.0. The van der Waals surface area contributed by atoms with Gasteiger partial charge in [-0.2, -0.15) is 0 Å². The number of rotatable bonds is 7. The number of aliphatic carboxylic acids is 1. The molecule has 3 heterocycles. The number of hydrogen-bond acceptors (Lipinski definition) is 6. The number of carbonyl (C=O) groups is 1. The van der Waals surface area contributed by atoms with Gasteiger partial charge in [-0.15, -0.1) is 5.10 Å². The molecule has 0 saturated heterocycles. The summed E-state index contributed by atoms with van der Waals surface area (Å²) in [6.45, 7) is 11.4. The molecule has 0 aliphatic carbocycles. The van der Waals surface area contributed by atoms with E-state index in [-0.39, 0.29) is 11.9 Å². The fourth-order valence-electron chi connectivity index (χ4n) is 5.79. The average molecular weight is 546 g/mol. The van der Waals surface area contributed by atoms with E-state index in [9.17, 15) is 14.3 Å². The van der Waals surface area contributed by atoms with Crippen LogP contribution < -0.4 is 4.74 Å². The SMILES string of the molecule is CCC1CN(Cc2cc(C(c3ccc4c(nnn4C)c3C)C(C)(C)C(=O)O)ccc2C)Cc2cncc(F)c2O1. The number of nitrogens with zero attached hydrogens (tertiary/aromatic N) is 5. The van der Waals surface area contributed by atoms with Crippen molar-refractivity contribution in [2.75, 3.05) is 6.54 Å². The van der Waals surface area contributed by atoms with E-state index in [0.29, 0.717) is 19.6 Å². The van der Waals surface area contributed by atoms with Gasteiger partial charge in [0, 0.05) is 44.4 Å². The van der Waals surface area contributed by atoms with E-state index in [4.69, 9.17) is 4.74 Å². The maximum Gasteiger partial charge on any atom is 0.310 e. The van der Waals surface area contributed by atoms with Gasteiger partial charge in [0.15, 0.2) is 11.6 Å². The lowest BCUT2D eigenvalue weighted by molar-refractivity contribution is -0.147. The molecule has 0 radical (unpaired) electrons. The minimum Gasteiger partial charge on any atom is -0.486 e. The zero-order chi connectivity index (χ0) is 28.8. The Morgan fingerprint density at radius 3 is 2.73 bits per heavy atom. The number of hydrogen-bond donors (Lipinski definition) is 1. The molecule has 1 aliphatic rings. The first-order valence-corrected chi connectivity index (χ1v) is 13.6. The summed E-state index contributed by atoms with van der Waals surface area (Å²) in [6, 6.07) is 10.2. The summed E-state index contributed by atoms with van der Waals surface area (Å²) in [5, 5.41) is 18.9. The van der Waals surface area contributed by atoms with Crippen molar-refractivity contribution >= 4 is 17.0 Å². The molecule has 1 aliphatic heterocycles. The third-order valence-electron chi connectivity index (χ3n) is 8.29. The highest BCUT2D eigenvalue weighted by Gasteiger charge is 2.40. The Kier molecular flexibility index (Phi) is 7.35. The molecule has 2 aromatic carbocycles. The third kappa shape index (κ3) is 4.94. The van der Waals surface area contributed by atoms with Crippen molar-refractivity contribution in [3.05, 3.63) is 81.9 Å². The van der Waals surface area contributed by atoms with Crippen LogP contribution in [0.25, 0.3) is 11.0 Å². The number of pyridine rings is 1. The van der Waals surface area contributed by atoms with E-state index >= 15 is 0 Å². The van der Waals surface area contributed by atoms with E-state index in [1.54, 1.807) is 24.7 Å². The van der Waals surface area contributed by atoms with Crippen LogP contribution in [-0.2, 0) is 24.9 Å². The minimum absolute atomic E-state index is 0.151. The summed E-state index contributed by atoms with van der Waals surface area (Å²) in [5.41, 5.74) is 6.25. The molecule has 2 unspecified atom stereocenters. The highest BCUT2D eigenvalue weighted by Crippen LogP contribution is 2.44. The molecule has 0 saturated carbocycles. The lowest BCUT2D eigenvalue weighted by atomic mass is 9.69. The average Bonchev–Trinajstić information content (AvgIpc) is 3.18. The summed E-state index contributed by atoms with van der Waals surface area (Å²) >= 11 is 0. The predicted octanol–water partition coefficient (Wildman–Crippen LogP) is 5.54. The summed E-state index contributed by atoms with van der Waals surface area (Å²) < 4.78 is 22.3. The van der Waals surface area contributed by atoms with E-state index in [2.05, 4.69) is 39.3 Å². The van der Waals surface area contributed by atoms with Crippen molar-refractivity contribution < 1.29 is 19.0 Å². The first kappa shape index (κ1) is 27.7. The molecule has 9 heteroatoms. The zero-order valence-electron chi connectivity index (χ0n) is 23.9. The maximum atomic E-state index is 14.5. The molecule has 5 rings (SSSR count). The number of carboxylic acids is 1. The zero-order valence-corrected chi connectivity index (χ0v) is 23.9. The number of aryl methyl sites for hydroxylation is 3. The highest BCUT2D eigenvalue weighted by molar-refractivity contribution is 5.81. The van der Waals surface area contributed by atoms with Crippen LogP contribution in [0.1, 0.15) is 66.5 Å². The topological polar surface area (TPSA) is 93.4 Å². The fourth-order valence-corrected chi connectivity index (χ4v) is 5.79. The third-order valence-corrected chi connectivity index (χ3v) is 8.29. The van der Waals surface area contributed by atoms with Gasteiger partial charge in [0.05, 0.1) is 17.1 Å². The van der Waals surface area contributed by atoms with Gasteiger partial charge < -0.3 is 9.84 Å². The molecular formula is C31H36FN5O3. The first-order valence-electron chi connectivity index (χ1n) is 13.6. The molecule has 4 aromatic rings. The largest absolute Gasteiger partial charge is 0.486 e. The van der Waals surface area contributed by atoms with Gasteiger partial charge in [0.1, 0.15) is 11.6 Å². The highest BCUT2D eigenvalue weighted by atomic mass is 19.1. The van der Waals surface area contributed by atoms with Crippen LogP contribution in [0.5, 0.6) is 5.75 Å². The van der Waals surface area contributed by atoms with Crippen molar-refractivity contribution in [3.63, 3.8) is 0 Å². The number of aromatic nitrogens is 4. The van der Waals surface area contributed by atoms with E-state index < -0.39 is 23.1 Å². The minimum atomic E-state index is -1.10. The summed E-state index contributed by atoms with van der Waals surface area (Å²) in [6.07, 6.45) is 3.46. The van der Waals surface area contributed by atoms with Crippen LogP contribution >= 0.6 is 0 Å². The number of fused-ring (bicyclic) bond motifs is 2. The Labute approximate surface area is 233 Å². The van der Waals surface area contributed by atoms with Crippen molar-refractivity contribution in [1.29, 1.82) is 0 Å². The van der Waals surface area contributed by atoms with Crippen LogP contribution in [0.2, 0.25) is 0 Å². The standard InChI is InChI=1S/C31H36FN5O3/c1-7-23-17-37(16-22-13-33-14-25(32)29(22)40-23)15-21-12-20(9-8-18(21)2)27(31(4,5)30(38)39)24-10-11-26-28(19(24)3)34-35-36(26)6/h8-14,23,27H,7,15-17H2,1-6H3,(H,38,39). The maximum absolute atomic E-state index is 14.5. The van der Waals surface area contributed by atoms with Gasteiger partial charge in [-0.3, -0.25) is 14.7 Å². The Morgan fingerprint density at radius 1 is 1.23 bits per heavy atom. The van der Waals surface area contributed by atoms with Crippen molar-refractivity contribution in [2.24, 2.45) is 12.5 Å². The predicted molar refractivity (Wildman–Crippen MR) is 151 cm³/mol. The monoisotopic (exact) mass is 545 g/mol. The summed E-state index contributed by atoms with van der Waals surface area (Å²) in [4.78, 5) is 18.9. The van der Waals surface area contributed by atoms with Gasteiger partial charge in [-0.05, 0) is 68.0 Å². The van der Waals surface area contributed by atoms with Crippen LogP contribution in [0, 0.1) is 25.1 Å². The molecule has 0 bridgehead atoms. The molecule has 40 heavy (non-hydrogen) atoms. The van der Waals surface area contributed by atoms with Crippen LogP contribution in [0.4, 0.5) is 4.39 Å². The second kappa shape index (κ2) is 10.6. The second-order valence-electron chi connectivity index (χ2n) is 11.4. The number of carboxylic acid groups (broad SMARTS) is 1. The van der Waals surface area contributed by atoms with Crippen LogP contribution in [0.3, 0.4) is 0 Å². The molecule has 0 fully saturated rings. The normalized spacial score (nSPS) is 16.8. The number of halogens is 1. The lowest BCUT2D eigenvalue weighted by Crippen LogP contribution is -2.33. The van der Waals surface area contributed by atoms with Crippen molar-refractivity contribution in [1.82, 2.24) is 24.9 Å². The quantitative estimate of drug-likeness (QED) is 0.326. The second-order valence-corrected chi connectivity index (χ2v) is 11.4. The van der Waals surface area contributed by atoms with Gasteiger partial charge in [-0.1, -0.05) is 36.4 Å². The van der Waals surface area contributed by atoms with Gasteiger partial charge in [0.25, 0.3) is 0 Å². The molecule has 8 nitrogen and oxygen atoms in total. The molecule has 1 N–H and O–H groups in total. The lowest BCUT2D eigenvalue weighted by Gasteiger charge is -2.33. The van der Waals surface area contributed by atoms with Crippen LogP contribution in [0.15, 0.2) is 42.7 Å². The van der Waals surface area contributed by atoms with E-state index in [0.717, 1.165) is 50.8 Å². The summed E-state index contributed by atoms with van der Waals surface area (Å²) in [5.74, 6) is -1.45. The molecule has 2 aromatic heterocycles. The molecule has 2 atom stereocenters. The molecule has 210 valence electrons. The van der Waals surface area contributed by atoms with E-state index in [1.165, 1.54) is 6.20 Å². The van der Waals surface area contributed by atoms with Crippen molar-refractivity contribution in [2.45, 2.75) is 66.2 Å².